The van der Waals surface area contributed by atoms with Crippen molar-refractivity contribution in [2.45, 2.75) is 27.7 Å². The van der Waals surface area contributed by atoms with Crippen molar-refractivity contribution in [3.63, 3.8) is 0 Å². The summed E-state index contributed by atoms with van der Waals surface area (Å²) in [6.07, 6.45) is 0. The summed E-state index contributed by atoms with van der Waals surface area (Å²) in [4.78, 5) is 27.0. The molecule has 0 saturated carbocycles. The van der Waals surface area contributed by atoms with Gasteiger partial charge in [0.15, 0.2) is 0 Å². The monoisotopic (exact) mass is 590 g/mol. The molecule has 146 valence electrons. The minimum absolute atomic E-state index is 0.833. The van der Waals surface area contributed by atoms with Crippen LogP contribution in [0.15, 0.2) is 48.5 Å². The van der Waals surface area contributed by atoms with Crippen LogP contribution in [0.25, 0.3) is 11.1 Å². The topological polar surface area (TPSA) is 112 Å². The van der Waals surface area contributed by atoms with Crippen molar-refractivity contribution in [2.24, 2.45) is 0 Å². The predicted molar refractivity (Wildman–Crippen MR) is 108 cm³/mol. The first-order valence-electron chi connectivity index (χ1n) is 7.62. The van der Waals surface area contributed by atoms with Gasteiger partial charge in [-0.2, -0.15) is 0 Å². The Hall–Kier alpha value is -1.94. The Labute approximate surface area is 174 Å². The van der Waals surface area contributed by atoms with Crippen LogP contribution in [0.3, 0.4) is 0 Å². The van der Waals surface area contributed by atoms with Crippen LogP contribution in [0.5, 0.6) is 0 Å². The maximum atomic E-state index is 9.00. The first-order chi connectivity index (χ1) is 12.5. The second-order valence-electron chi connectivity index (χ2n) is 5.05. The van der Waals surface area contributed by atoms with E-state index in [0.717, 1.165) is 20.8 Å². The van der Waals surface area contributed by atoms with Gasteiger partial charge < -0.3 is 15.3 Å². The summed E-state index contributed by atoms with van der Waals surface area (Å²) >= 11 is -1.06. The Morgan fingerprint density at radius 2 is 1.19 bits per heavy atom. The van der Waals surface area contributed by atoms with E-state index < -0.39 is 40.9 Å². The van der Waals surface area contributed by atoms with E-state index in [2.05, 4.69) is 49.4 Å². The zero-order valence-corrected chi connectivity index (χ0v) is 20.2. The molecule has 0 fully saturated rings. The van der Waals surface area contributed by atoms with Crippen LogP contribution in [0.1, 0.15) is 26.3 Å². The van der Waals surface area contributed by atoms with E-state index in [1.165, 1.54) is 19.8 Å². The molecule has 2 rings (SSSR count). The number of rotatable bonds is 2. The van der Waals surface area contributed by atoms with Crippen LogP contribution in [-0.2, 0) is 14.4 Å². The van der Waals surface area contributed by atoms with E-state index in [9.17, 15) is 0 Å². The number of carboxylic acid groups (broad SMARTS) is 3. The van der Waals surface area contributed by atoms with Crippen molar-refractivity contribution in [2.75, 3.05) is 0 Å². The maximum absolute atomic E-state index is 9.00. The van der Waals surface area contributed by atoms with E-state index >= 15 is 0 Å². The number of halogens is 1. The molecule has 2 aromatic carbocycles. The summed E-state index contributed by atoms with van der Waals surface area (Å²) in [5.41, 5.74) is 3.89. The standard InChI is InChI=1S/C13H11.3C2H4O2.ClH.Pb/c1-11-7-9-13(10-8-11)12-5-3-2-4-6-12;3*1-2(3)4;;/h2-7,9-10H,1H3;3*1H3,(H,3,4);1H;/q;;;;;+1/p-1. The van der Waals surface area contributed by atoms with E-state index in [0.29, 0.717) is 0 Å². The number of hydrogen-bond donors (Lipinski definition) is 3. The number of carboxylic acids is 3. The quantitative estimate of drug-likeness (QED) is 0.463. The average molecular weight is 590 g/mol. The van der Waals surface area contributed by atoms with Gasteiger partial charge >= 0.3 is 107 Å². The third-order valence-electron chi connectivity index (χ3n) is 2.45. The Kier molecular flexibility index (Phi) is 16.4. The van der Waals surface area contributed by atoms with Crippen molar-refractivity contribution in [3.05, 3.63) is 54.1 Å². The van der Waals surface area contributed by atoms with Crippen molar-refractivity contribution in [1.29, 1.82) is 0 Å². The van der Waals surface area contributed by atoms with E-state index in [-0.39, 0.29) is 0 Å². The average Bonchev–Trinajstić information content (AvgIpc) is 2.54. The normalized spacial score (nSPS) is 8.48. The molecule has 0 aromatic heterocycles. The van der Waals surface area contributed by atoms with Gasteiger partial charge in [-0.3, -0.25) is 14.4 Å². The van der Waals surface area contributed by atoms with Crippen LogP contribution in [0, 0.1) is 6.92 Å². The van der Waals surface area contributed by atoms with Crippen molar-refractivity contribution in [1.82, 2.24) is 0 Å². The van der Waals surface area contributed by atoms with Gasteiger partial charge in [-0.05, 0) is 0 Å². The predicted octanol–water partition coefficient (Wildman–Crippen LogP) is 3.42. The Morgan fingerprint density at radius 3 is 1.56 bits per heavy atom. The van der Waals surface area contributed by atoms with E-state index in [1.54, 1.807) is 0 Å². The second-order valence-corrected chi connectivity index (χ2v) is 9.53. The van der Waals surface area contributed by atoms with Crippen LogP contribution in [0.4, 0.5) is 0 Å². The molecule has 27 heavy (non-hydrogen) atoms. The second kappa shape index (κ2) is 16.3. The molecule has 0 unspecified atom stereocenters. The fourth-order valence-corrected chi connectivity index (χ4v) is 5.04. The first-order valence-corrected chi connectivity index (χ1v) is 14.4. The van der Waals surface area contributed by atoms with Gasteiger partial charge in [0.1, 0.15) is 0 Å². The molecule has 0 aliphatic heterocycles. The summed E-state index contributed by atoms with van der Waals surface area (Å²) in [7, 11) is 6.09. The van der Waals surface area contributed by atoms with Gasteiger partial charge in [0, 0.05) is 20.8 Å². The minimum atomic E-state index is -1.06. The zero-order valence-electron chi connectivity index (χ0n) is 15.6. The number of aryl methyl sites for hydroxylation is 1. The van der Waals surface area contributed by atoms with Gasteiger partial charge in [0.25, 0.3) is 17.9 Å². The molecule has 3 N–H and O–H groups in total. The summed E-state index contributed by atoms with van der Waals surface area (Å²) in [6, 6.07) is 17.0. The van der Waals surface area contributed by atoms with Gasteiger partial charge in [-0.1, -0.05) is 0 Å². The molecule has 0 aliphatic rings. The van der Waals surface area contributed by atoms with Crippen LogP contribution >= 0.6 is 8.32 Å². The van der Waals surface area contributed by atoms with Crippen molar-refractivity contribution >= 4 is 52.4 Å². The molecule has 2 radical (unpaired) electrons. The van der Waals surface area contributed by atoms with Gasteiger partial charge in [0.05, 0.1) is 0 Å². The van der Waals surface area contributed by atoms with Crippen molar-refractivity contribution in [3.8, 4) is 11.1 Å². The Balaban J connectivity index is 0. The number of hydrogen-bond acceptors (Lipinski definition) is 3. The fourth-order valence-electron chi connectivity index (χ4n) is 1.53. The number of carbonyl (C=O) groups is 3. The molecule has 0 saturated heterocycles. The third-order valence-corrected chi connectivity index (χ3v) is 7.12. The SMILES string of the molecule is CC(=O)O.CC(=O)O.CC(=O)O.Cc1ccc(-c2ccccc2)c[c]1[Pb][Cl]. The Bertz CT molecular complexity index is 679. The fraction of sp³-hybridized carbons (Fsp3) is 0.211. The molecular weight excluding hydrogens is 567 g/mol. The Morgan fingerprint density at radius 1 is 0.778 bits per heavy atom. The van der Waals surface area contributed by atoms with Crippen LogP contribution < -0.4 is 3.12 Å². The molecule has 0 heterocycles. The van der Waals surface area contributed by atoms with E-state index in [1.807, 2.05) is 6.07 Å². The summed E-state index contributed by atoms with van der Waals surface area (Å²) in [5, 5.41) is 22.2. The number of aliphatic carboxylic acids is 3. The van der Waals surface area contributed by atoms with Crippen molar-refractivity contribution < 1.29 is 29.7 Å². The van der Waals surface area contributed by atoms with E-state index in [4.69, 9.17) is 38.0 Å². The molecular formula is C19H23ClO6Pb. The van der Waals surface area contributed by atoms with Crippen LogP contribution in [0.2, 0.25) is 0 Å². The third kappa shape index (κ3) is 18.6. The van der Waals surface area contributed by atoms with Gasteiger partial charge in [0.2, 0.25) is 0 Å². The first kappa shape index (κ1) is 27.3. The molecule has 0 atom stereocenters. The summed E-state index contributed by atoms with van der Waals surface area (Å²) in [6.45, 7) is 5.39. The molecule has 2 aromatic rings. The summed E-state index contributed by atoms with van der Waals surface area (Å²) < 4.78 is 1.40. The number of benzene rings is 2. The molecule has 6 nitrogen and oxygen atoms in total. The molecule has 0 amide bonds. The molecule has 0 aliphatic carbocycles. The molecule has 0 spiro atoms. The van der Waals surface area contributed by atoms with Crippen LogP contribution in [-0.4, -0.2) is 56.2 Å². The van der Waals surface area contributed by atoms with Gasteiger partial charge in [-0.15, -0.1) is 0 Å². The molecule has 8 heteroatoms. The van der Waals surface area contributed by atoms with Gasteiger partial charge in [-0.25, -0.2) is 0 Å². The zero-order chi connectivity index (χ0) is 21.4. The molecule has 0 bridgehead atoms. The summed E-state index contributed by atoms with van der Waals surface area (Å²) in [5.74, 6) is -2.50.